The minimum atomic E-state index is -4.43. The van der Waals surface area contributed by atoms with Gasteiger partial charge in [0.05, 0.1) is 17.7 Å². The molecule has 1 heterocycles. The van der Waals surface area contributed by atoms with Crippen LogP contribution in [0.3, 0.4) is 0 Å². The van der Waals surface area contributed by atoms with Crippen molar-refractivity contribution >= 4 is 5.91 Å². The monoisotopic (exact) mass is 339 g/mol. The zero-order valence-corrected chi connectivity index (χ0v) is 13.4. The smallest absolute Gasteiger partial charge is 0.391 e. The number of allylic oxidation sites excluding steroid dienone is 1. The van der Waals surface area contributed by atoms with E-state index in [0.29, 0.717) is 11.5 Å². The van der Waals surface area contributed by atoms with Gasteiger partial charge in [0.15, 0.2) is 0 Å². The Kier molecular flexibility index (Phi) is 4.42. The van der Waals surface area contributed by atoms with Gasteiger partial charge in [0, 0.05) is 12.6 Å². The van der Waals surface area contributed by atoms with E-state index in [4.69, 9.17) is 0 Å². The number of aliphatic hydroxyl groups is 1. The predicted molar refractivity (Wildman–Crippen MR) is 83.0 cm³/mol. The summed E-state index contributed by atoms with van der Waals surface area (Å²) in [5.41, 5.74) is 0.676. The van der Waals surface area contributed by atoms with Gasteiger partial charge < -0.3 is 10.0 Å². The molecule has 1 aliphatic carbocycles. The summed E-state index contributed by atoms with van der Waals surface area (Å²) in [7, 11) is 0. The van der Waals surface area contributed by atoms with Crippen molar-refractivity contribution in [3.63, 3.8) is 0 Å². The first-order chi connectivity index (χ1) is 11.3. The second kappa shape index (κ2) is 6.24. The van der Waals surface area contributed by atoms with Crippen LogP contribution in [0.25, 0.3) is 0 Å². The lowest BCUT2D eigenvalue weighted by Crippen LogP contribution is -2.30. The molecule has 0 aromatic heterocycles. The number of alkyl halides is 3. The van der Waals surface area contributed by atoms with Crippen LogP contribution in [-0.4, -0.2) is 28.6 Å². The lowest BCUT2D eigenvalue weighted by molar-refractivity contribution is -0.137. The zero-order valence-electron chi connectivity index (χ0n) is 13.4. The van der Waals surface area contributed by atoms with E-state index in [2.05, 4.69) is 0 Å². The van der Waals surface area contributed by atoms with E-state index in [1.807, 2.05) is 6.92 Å². The summed E-state index contributed by atoms with van der Waals surface area (Å²) in [6, 6.07) is 4.48. The van der Waals surface area contributed by atoms with Crippen molar-refractivity contribution < 1.29 is 23.1 Å². The van der Waals surface area contributed by atoms with Crippen molar-refractivity contribution in [1.29, 1.82) is 0 Å². The lowest BCUT2D eigenvalue weighted by Gasteiger charge is -2.24. The van der Waals surface area contributed by atoms with Gasteiger partial charge in [-0.3, -0.25) is 4.79 Å². The largest absolute Gasteiger partial charge is 0.416 e. The number of carbonyl (C=O) groups excluding carboxylic acids is 1. The molecule has 1 N–H and O–H groups in total. The van der Waals surface area contributed by atoms with Gasteiger partial charge in [0.25, 0.3) is 0 Å². The molecule has 1 saturated carbocycles. The van der Waals surface area contributed by atoms with Gasteiger partial charge in [-0.05, 0) is 49.8 Å². The van der Waals surface area contributed by atoms with Crippen molar-refractivity contribution in [1.82, 2.24) is 4.90 Å². The Bertz CT molecular complexity index is 664. The van der Waals surface area contributed by atoms with Gasteiger partial charge in [-0.25, -0.2) is 0 Å². The highest BCUT2D eigenvalue weighted by Crippen LogP contribution is 2.38. The first-order valence-corrected chi connectivity index (χ1v) is 8.09. The van der Waals surface area contributed by atoms with Gasteiger partial charge in [0.2, 0.25) is 5.91 Å². The second-order valence-corrected chi connectivity index (χ2v) is 6.68. The number of amides is 1. The molecule has 130 valence electrons. The van der Waals surface area contributed by atoms with Crippen molar-refractivity contribution in [2.75, 3.05) is 6.54 Å². The summed E-state index contributed by atoms with van der Waals surface area (Å²) in [5.74, 6) is 0.215. The van der Waals surface area contributed by atoms with Gasteiger partial charge in [0.1, 0.15) is 0 Å². The second-order valence-electron chi connectivity index (χ2n) is 6.68. The van der Waals surface area contributed by atoms with Crippen LogP contribution in [-0.2, 0) is 11.0 Å². The number of benzene rings is 1. The molecular weight excluding hydrogens is 319 g/mol. The Morgan fingerprint density at radius 1 is 1.33 bits per heavy atom. The summed E-state index contributed by atoms with van der Waals surface area (Å²) in [6.07, 6.45) is -1.17. The lowest BCUT2D eigenvalue weighted by atomic mass is 10.0. The fourth-order valence-electron chi connectivity index (χ4n) is 3.23. The van der Waals surface area contributed by atoms with Gasteiger partial charge >= 0.3 is 6.18 Å². The Hall–Kier alpha value is -1.82. The van der Waals surface area contributed by atoms with Crippen LogP contribution >= 0.6 is 0 Å². The van der Waals surface area contributed by atoms with E-state index in [9.17, 15) is 23.1 Å². The van der Waals surface area contributed by atoms with Crippen molar-refractivity contribution in [3.8, 4) is 0 Å². The molecule has 3 rings (SSSR count). The maximum atomic E-state index is 12.9. The van der Waals surface area contributed by atoms with Crippen LogP contribution in [0.5, 0.6) is 0 Å². The molecule has 1 aliphatic heterocycles. The average molecular weight is 339 g/mol. The predicted octanol–water partition coefficient (Wildman–Crippen LogP) is 3.70. The molecule has 2 fully saturated rings. The fourth-order valence-corrected chi connectivity index (χ4v) is 3.23. The number of aliphatic hydroxyl groups excluding tert-OH is 1. The minimum Gasteiger partial charge on any atom is -0.391 e. The quantitative estimate of drug-likeness (QED) is 0.853. The molecule has 2 aliphatic rings. The molecule has 1 aromatic rings. The Morgan fingerprint density at radius 2 is 2.04 bits per heavy atom. The maximum Gasteiger partial charge on any atom is 0.416 e. The number of halogens is 3. The number of likely N-dealkylation sites (tertiary alicyclic amines) is 1. The van der Waals surface area contributed by atoms with Crippen molar-refractivity contribution in [2.24, 2.45) is 5.92 Å². The number of β-amino-alcohol motifs (C(OH)–C–C–N with tert-alkyl or cyclic N) is 1. The molecule has 3 nitrogen and oxygen atoms in total. The minimum absolute atomic E-state index is 0.147. The van der Waals surface area contributed by atoms with E-state index >= 15 is 0 Å². The number of hydrogen-bond donors (Lipinski definition) is 1. The molecule has 24 heavy (non-hydrogen) atoms. The number of carbonyl (C=O) groups is 1. The molecule has 2 unspecified atom stereocenters. The molecule has 1 amide bonds. The van der Waals surface area contributed by atoms with E-state index in [1.54, 1.807) is 12.1 Å². The molecule has 0 spiro atoms. The molecular formula is C18H20F3NO2. The summed E-state index contributed by atoms with van der Waals surface area (Å²) in [4.78, 5) is 14.0. The van der Waals surface area contributed by atoms with Gasteiger partial charge in [-0.1, -0.05) is 17.7 Å². The van der Waals surface area contributed by atoms with E-state index in [0.717, 1.165) is 30.5 Å². The van der Waals surface area contributed by atoms with Crippen LogP contribution in [0.2, 0.25) is 0 Å². The highest BCUT2D eigenvalue weighted by Gasteiger charge is 2.37. The summed E-state index contributed by atoms with van der Waals surface area (Å²) >= 11 is 0. The normalized spacial score (nSPS) is 25.2. The highest BCUT2D eigenvalue weighted by molar-refractivity contribution is 5.89. The van der Waals surface area contributed by atoms with Crippen molar-refractivity contribution in [2.45, 2.75) is 44.5 Å². The first-order valence-electron chi connectivity index (χ1n) is 8.09. The zero-order chi connectivity index (χ0) is 17.5. The summed E-state index contributed by atoms with van der Waals surface area (Å²) in [5, 5.41) is 9.93. The summed E-state index contributed by atoms with van der Waals surface area (Å²) in [6.45, 7) is 2.05. The van der Waals surface area contributed by atoms with Crippen molar-refractivity contribution in [3.05, 3.63) is 47.0 Å². The van der Waals surface area contributed by atoms with Crippen LogP contribution in [0.1, 0.15) is 43.4 Å². The van der Waals surface area contributed by atoms with E-state index < -0.39 is 23.9 Å². The average Bonchev–Trinajstić information content (AvgIpc) is 3.29. The fraction of sp³-hybridized carbons (Fsp3) is 0.500. The molecule has 1 saturated heterocycles. The molecule has 1 aromatic carbocycles. The third-order valence-corrected chi connectivity index (χ3v) is 4.73. The summed E-state index contributed by atoms with van der Waals surface area (Å²) < 4.78 is 38.7. The SMILES string of the molecule is C/C(=C/C(=O)N1CC(O)CC1c1cccc(C(F)(F)F)c1)C1CC1. The molecule has 0 bridgehead atoms. The van der Waals surface area contributed by atoms with Crippen LogP contribution < -0.4 is 0 Å². The van der Waals surface area contributed by atoms with E-state index in [-0.39, 0.29) is 18.9 Å². The Labute approximate surface area is 138 Å². The van der Waals surface area contributed by atoms with Crippen LogP contribution in [0.15, 0.2) is 35.9 Å². The van der Waals surface area contributed by atoms with Gasteiger partial charge in [-0.15, -0.1) is 0 Å². The third kappa shape index (κ3) is 3.64. The first kappa shape index (κ1) is 17.0. The Balaban J connectivity index is 1.85. The Morgan fingerprint density at radius 3 is 2.67 bits per heavy atom. The van der Waals surface area contributed by atoms with E-state index in [1.165, 1.54) is 11.0 Å². The molecule has 0 radical (unpaired) electrons. The van der Waals surface area contributed by atoms with Crippen LogP contribution in [0, 0.1) is 5.92 Å². The molecule has 2 atom stereocenters. The number of rotatable bonds is 3. The standard InChI is InChI=1S/C18H20F3NO2/c1-11(12-5-6-12)7-17(24)22-10-15(23)9-16(22)13-3-2-4-14(8-13)18(19,20)21/h2-4,7-8,12,15-16,23H,5-6,9-10H2,1H3/b11-7-. The topological polar surface area (TPSA) is 40.5 Å². The maximum absolute atomic E-state index is 12.9. The highest BCUT2D eigenvalue weighted by atomic mass is 19.4. The molecule has 6 heteroatoms. The van der Waals surface area contributed by atoms with Crippen LogP contribution in [0.4, 0.5) is 13.2 Å². The van der Waals surface area contributed by atoms with Gasteiger partial charge in [-0.2, -0.15) is 13.2 Å². The third-order valence-electron chi connectivity index (χ3n) is 4.73. The number of hydrogen-bond acceptors (Lipinski definition) is 2. The number of nitrogens with zero attached hydrogens (tertiary/aromatic N) is 1.